The largest absolute Gasteiger partial charge is 0.382 e. The topological polar surface area (TPSA) is 118 Å². The predicted molar refractivity (Wildman–Crippen MR) is 127 cm³/mol. The van der Waals surface area contributed by atoms with Crippen LogP contribution in [0.15, 0.2) is 54.6 Å². The van der Waals surface area contributed by atoms with E-state index in [1.165, 1.54) is 0 Å². The number of nitriles is 1. The molecule has 158 valence electrons. The van der Waals surface area contributed by atoms with Crippen molar-refractivity contribution in [3.05, 3.63) is 70.7 Å². The molecule has 1 unspecified atom stereocenters. The van der Waals surface area contributed by atoms with Crippen molar-refractivity contribution in [2.75, 3.05) is 22.9 Å². The molecule has 2 aromatic carbocycles. The number of para-hydroxylation sites is 1. The van der Waals surface area contributed by atoms with Crippen LogP contribution in [-0.2, 0) is 0 Å². The summed E-state index contributed by atoms with van der Waals surface area (Å²) in [6.45, 7) is 0.719. The van der Waals surface area contributed by atoms with Gasteiger partial charge in [-0.1, -0.05) is 54.1 Å². The minimum atomic E-state index is -0.0538. The van der Waals surface area contributed by atoms with E-state index in [9.17, 15) is 5.26 Å². The summed E-state index contributed by atoms with van der Waals surface area (Å²) < 4.78 is 0. The van der Waals surface area contributed by atoms with Crippen LogP contribution in [0.4, 0.5) is 17.6 Å². The second-order valence-electron chi connectivity index (χ2n) is 7.73. The number of rotatable bonds is 3. The van der Waals surface area contributed by atoms with Crippen LogP contribution in [0.3, 0.4) is 0 Å². The molecular weight excluding hydrogens is 422 g/mol. The van der Waals surface area contributed by atoms with E-state index in [0.717, 1.165) is 47.1 Å². The van der Waals surface area contributed by atoms with Gasteiger partial charge in [0.05, 0.1) is 22.3 Å². The molecule has 0 radical (unpaired) electrons. The molecule has 0 saturated carbocycles. The first-order valence-electron chi connectivity index (χ1n) is 10.3. The molecule has 4 aromatic rings. The van der Waals surface area contributed by atoms with Crippen molar-refractivity contribution in [3.63, 3.8) is 0 Å². The van der Waals surface area contributed by atoms with Crippen molar-refractivity contribution >= 4 is 40.1 Å². The molecule has 0 spiro atoms. The minimum Gasteiger partial charge on any atom is -0.382 e. The lowest BCUT2D eigenvalue weighted by Gasteiger charge is -2.28. The Morgan fingerprint density at radius 3 is 2.62 bits per heavy atom. The average Bonchev–Trinajstić information content (AvgIpc) is 3.28. The molecule has 1 aliphatic rings. The maximum Gasteiger partial charge on any atom is 0.224 e. The highest BCUT2D eigenvalue weighted by Gasteiger charge is 2.32. The SMILES string of the molecule is N#Cc1c(N)nc(N)nc1N1CCCC1c1cc2cccc(Cl)c2nc1-c1ccccc1. The maximum absolute atomic E-state index is 9.71. The Kier molecular flexibility index (Phi) is 5.00. The Hall–Kier alpha value is -3.89. The van der Waals surface area contributed by atoms with Gasteiger partial charge in [-0.25, -0.2) is 4.98 Å². The number of halogens is 1. The van der Waals surface area contributed by atoms with Gasteiger partial charge in [0.15, 0.2) is 5.82 Å². The fourth-order valence-electron chi connectivity index (χ4n) is 4.40. The zero-order valence-electron chi connectivity index (χ0n) is 17.2. The van der Waals surface area contributed by atoms with Crippen LogP contribution in [0.5, 0.6) is 0 Å². The quantitative estimate of drug-likeness (QED) is 0.472. The molecule has 0 bridgehead atoms. The van der Waals surface area contributed by atoms with Gasteiger partial charge in [-0.15, -0.1) is 0 Å². The molecule has 1 atom stereocenters. The Bertz CT molecular complexity index is 1360. The summed E-state index contributed by atoms with van der Waals surface area (Å²) >= 11 is 6.47. The van der Waals surface area contributed by atoms with E-state index in [0.29, 0.717) is 10.8 Å². The van der Waals surface area contributed by atoms with E-state index >= 15 is 0 Å². The number of aromatic nitrogens is 3. The van der Waals surface area contributed by atoms with Gasteiger partial charge in [-0.2, -0.15) is 15.2 Å². The van der Waals surface area contributed by atoms with Gasteiger partial charge in [0.25, 0.3) is 0 Å². The number of nitrogens with zero attached hydrogens (tertiary/aromatic N) is 5. The molecule has 2 aromatic heterocycles. The standard InChI is InChI=1S/C24H20ClN7/c25-18-9-4-8-15-12-16(20(29-21(15)18)14-6-2-1-3-7-14)19-10-5-11-32(19)23-17(13-26)22(27)30-24(28)31-23/h1-4,6-9,12,19H,5,10-11H2,(H4,27,28,30,31). The van der Waals surface area contributed by atoms with Gasteiger partial charge in [0.2, 0.25) is 5.95 Å². The second kappa shape index (κ2) is 7.98. The first-order chi connectivity index (χ1) is 15.6. The number of pyridine rings is 1. The number of nitrogens with two attached hydrogens (primary N) is 2. The zero-order valence-corrected chi connectivity index (χ0v) is 17.9. The van der Waals surface area contributed by atoms with E-state index in [4.69, 9.17) is 28.1 Å². The van der Waals surface area contributed by atoms with E-state index in [-0.39, 0.29) is 23.4 Å². The van der Waals surface area contributed by atoms with E-state index in [1.54, 1.807) is 0 Å². The monoisotopic (exact) mass is 441 g/mol. The molecule has 3 heterocycles. The van der Waals surface area contributed by atoms with Gasteiger partial charge in [0.1, 0.15) is 17.5 Å². The molecule has 0 aliphatic carbocycles. The lowest BCUT2D eigenvalue weighted by molar-refractivity contribution is 0.710. The van der Waals surface area contributed by atoms with Gasteiger partial charge in [-0.3, -0.25) is 0 Å². The first kappa shape index (κ1) is 20.0. The van der Waals surface area contributed by atoms with Gasteiger partial charge < -0.3 is 16.4 Å². The molecule has 0 amide bonds. The molecule has 1 aliphatic heterocycles. The Morgan fingerprint density at radius 2 is 1.84 bits per heavy atom. The summed E-state index contributed by atoms with van der Waals surface area (Å²) in [6.07, 6.45) is 1.81. The van der Waals surface area contributed by atoms with E-state index in [1.807, 2.05) is 48.5 Å². The summed E-state index contributed by atoms with van der Waals surface area (Å²) in [5, 5.41) is 11.3. The zero-order chi connectivity index (χ0) is 22.2. The van der Waals surface area contributed by atoms with Crippen LogP contribution in [0.25, 0.3) is 22.2 Å². The van der Waals surface area contributed by atoms with Crippen molar-refractivity contribution in [1.29, 1.82) is 5.26 Å². The smallest absolute Gasteiger partial charge is 0.224 e. The van der Waals surface area contributed by atoms with Crippen molar-refractivity contribution in [3.8, 4) is 17.3 Å². The van der Waals surface area contributed by atoms with Crippen molar-refractivity contribution < 1.29 is 0 Å². The fraction of sp³-hybridized carbons (Fsp3) is 0.167. The van der Waals surface area contributed by atoms with Gasteiger partial charge >= 0.3 is 0 Å². The second-order valence-corrected chi connectivity index (χ2v) is 8.14. The van der Waals surface area contributed by atoms with Crippen LogP contribution in [0.2, 0.25) is 5.02 Å². The summed E-state index contributed by atoms with van der Waals surface area (Å²) in [4.78, 5) is 15.4. The van der Waals surface area contributed by atoms with Crippen LogP contribution < -0.4 is 16.4 Å². The number of nitrogen functional groups attached to an aromatic ring is 2. The molecular formula is C24H20ClN7. The number of benzene rings is 2. The lowest BCUT2D eigenvalue weighted by atomic mass is 9.96. The number of hydrogen-bond acceptors (Lipinski definition) is 7. The molecule has 4 N–H and O–H groups in total. The Labute approximate surface area is 190 Å². The van der Waals surface area contributed by atoms with Crippen LogP contribution >= 0.6 is 11.6 Å². The summed E-state index contributed by atoms with van der Waals surface area (Å²) in [7, 11) is 0. The van der Waals surface area contributed by atoms with Crippen molar-refractivity contribution in [2.24, 2.45) is 0 Å². The molecule has 7 nitrogen and oxygen atoms in total. The first-order valence-corrected chi connectivity index (χ1v) is 10.7. The van der Waals surface area contributed by atoms with Crippen LogP contribution in [0, 0.1) is 11.3 Å². The van der Waals surface area contributed by atoms with E-state index in [2.05, 4.69) is 27.0 Å². The number of anilines is 3. The van der Waals surface area contributed by atoms with Gasteiger partial charge in [-0.05, 0) is 25.0 Å². The summed E-state index contributed by atoms with van der Waals surface area (Å²) in [6, 6.07) is 20.0. The predicted octanol–water partition coefficient (Wildman–Crippen LogP) is 4.72. The highest BCUT2D eigenvalue weighted by Crippen LogP contribution is 2.42. The summed E-state index contributed by atoms with van der Waals surface area (Å²) in [5.41, 5.74) is 15.8. The van der Waals surface area contributed by atoms with Crippen molar-refractivity contribution in [1.82, 2.24) is 15.0 Å². The average molecular weight is 442 g/mol. The highest BCUT2D eigenvalue weighted by atomic mass is 35.5. The molecule has 32 heavy (non-hydrogen) atoms. The van der Waals surface area contributed by atoms with Crippen LogP contribution in [-0.4, -0.2) is 21.5 Å². The van der Waals surface area contributed by atoms with Crippen LogP contribution in [0.1, 0.15) is 30.0 Å². The maximum atomic E-state index is 9.71. The molecule has 8 heteroatoms. The Balaban J connectivity index is 1.73. The molecule has 1 saturated heterocycles. The van der Waals surface area contributed by atoms with Gasteiger partial charge in [0, 0.05) is 23.1 Å². The normalized spacial score (nSPS) is 15.8. The van der Waals surface area contributed by atoms with E-state index < -0.39 is 0 Å². The number of fused-ring (bicyclic) bond motifs is 1. The lowest BCUT2D eigenvalue weighted by Crippen LogP contribution is -2.26. The molecule has 5 rings (SSSR count). The summed E-state index contributed by atoms with van der Waals surface area (Å²) in [5.74, 6) is 0.603. The van der Waals surface area contributed by atoms with Crippen molar-refractivity contribution in [2.45, 2.75) is 18.9 Å². The third-order valence-electron chi connectivity index (χ3n) is 5.80. The third kappa shape index (κ3) is 3.35. The Morgan fingerprint density at radius 1 is 1.03 bits per heavy atom. The minimum absolute atomic E-state index is 0.0499. The molecule has 1 fully saturated rings. The fourth-order valence-corrected chi connectivity index (χ4v) is 4.63. The third-order valence-corrected chi connectivity index (χ3v) is 6.11. The number of hydrogen-bond donors (Lipinski definition) is 2. The highest BCUT2D eigenvalue weighted by molar-refractivity contribution is 6.35.